The van der Waals surface area contributed by atoms with E-state index >= 15 is 0 Å². The Bertz CT molecular complexity index is 661. The van der Waals surface area contributed by atoms with Crippen LogP contribution in [-0.2, 0) is 16.6 Å². The van der Waals surface area contributed by atoms with Crippen molar-refractivity contribution in [2.45, 2.75) is 5.75 Å². The number of rotatable bonds is 4. The largest absolute Gasteiger partial charge is 0.322 e. The Hall–Kier alpha value is -1.53. The molecule has 1 amide bonds. The first kappa shape index (κ1) is 14.9. The van der Waals surface area contributed by atoms with Crippen LogP contribution in [0.25, 0.3) is 0 Å². The number of halogens is 1. The lowest BCUT2D eigenvalue weighted by Crippen LogP contribution is -2.12. The van der Waals surface area contributed by atoms with E-state index in [4.69, 9.17) is 0 Å². The number of carbonyl (C=O) groups is 1. The molecule has 0 aliphatic heterocycles. The van der Waals surface area contributed by atoms with Gasteiger partial charge in [0.15, 0.2) is 0 Å². The van der Waals surface area contributed by atoms with Crippen LogP contribution in [0, 0.1) is 0 Å². The molecule has 1 atom stereocenters. The molecule has 0 spiro atoms. The van der Waals surface area contributed by atoms with E-state index in [1.54, 1.807) is 24.6 Å². The van der Waals surface area contributed by atoms with Gasteiger partial charge < -0.3 is 5.32 Å². The number of pyridine rings is 1. The summed E-state index contributed by atoms with van der Waals surface area (Å²) >= 11 is 3.28. The molecule has 1 N–H and O–H groups in total. The molecule has 0 fully saturated rings. The van der Waals surface area contributed by atoms with Crippen LogP contribution in [0.3, 0.4) is 0 Å². The number of anilines is 1. The zero-order valence-corrected chi connectivity index (χ0v) is 13.2. The normalized spacial score (nSPS) is 11.9. The van der Waals surface area contributed by atoms with Gasteiger partial charge in [-0.2, -0.15) is 0 Å². The van der Waals surface area contributed by atoms with Crippen molar-refractivity contribution in [2.75, 3.05) is 11.6 Å². The van der Waals surface area contributed by atoms with E-state index in [0.717, 1.165) is 10.0 Å². The molecular weight excluding hydrogens is 340 g/mol. The van der Waals surface area contributed by atoms with Gasteiger partial charge >= 0.3 is 0 Å². The molecule has 1 aromatic heterocycles. The number of hydrogen-bond donors (Lipinski definition) is 1. The monoisotopic (exact) mass is 352 g/mol. The lowest BCUT2D eigenvalue weighted by molar-refractivity contribution is 0.102. The molecular formula is C14H13BrN2O2S. The van der Waals surface area contributed by atoms with Crippen LogP contribution < -0.4 is 5.32 Å². The van der Waals surface area contributed by atoms with Crippen molar-refractivity contribution in [3.8, 4) is 0 Å². The summed E-state index contributed by atoms with van der Waals surface area (Å²) in [6, 6.07) is 9.04. The third-order valence-corrected chi connectivity index (χ3v) is 3.70. The van der Waals surface area contributed by atoms with E-state index in [9.17, 15) is 9.00 Å². The summed E-state index contributed by atoms with van der Waals surface area (Å²) in [7, 11) is -0.905. The van der Waals surface area contributed by atoms with E-state index in [2.05, 4.69) is 26.2 Å². The second-order valence-corrected chi connectivity index (χ2v) is 6.61. The highest BCUT2D eigenvalue weighted by Crippen LogP contribution is 2.15. The molecule has 0 saturated carbocycles. The molecule has 104 valence electrons. The molecule has 0 bridgehead atoms. The fourth-order valence-electron chi connectivity index (χ4n) is 1.71. The molecule has 0 aliphatic carbocycles. The minimum atomic E-state index is -0.905. The van der Waals surface area contributed by atoms with E-state index in [-0.39, 0.29) is 5.91 Å². The maximum Gasteiger partial charge on any atom is 0.257 e. The number of nitrogens with zero attached hydrogens (tertiary/aromatic N) is 1. The van der Waals surface area contributed by atoms with Gasteiger partial charge in [-0.05, 0) is 39.7 Å². The van der Waals surface area contributed by atoms with Crippen molar-refractivity contribution in [3.05, 3.63) is 58.3 Å². The van der Waals surface area contributed by atoms with E-state index in [1.807, 2.05) is 18.2 Å². The first-order valence-corrected chi connectivity index (χ1v) is 8.37. The van der Waals surface area contributed by atoms with Crippen LogP contribution in [0.15, 0.2) is 47.2 Å². The number of amides is 1. The molecule has 1 heterocycles. The molecule has 0 radical (unpaired) electrons. The van der Waals surface area contributed by atoms with E-state index < -0.39 is 10.8 Å². The average Bonchev–Trinajstić information content (AvgIpc) is 2.38. The summed E-state index contributed by atoms with van der Waals surface area (Å²) in [6.45, 7) is 0. The number of nitrogens with one attached hydrogen (secondary N) is 1. The van der Waals surface area contributed by atoms with E-state index in [0.29, 0.717) is 17.0 Å². The molecule has 1 unspecified atom stereocenters. The molecule has 2 aromatic rings. The van der Waals surface area contributed by atoms with Crippen LogP contribution in [0.2, 0.25) is 0 Å². The lowest BCUT2D eigenvalue weighted by Gasteiger charge is -2.07. The van der Waals surface area contributed by atoms with Crippen molar-refractivity contribution in [3.63, 3.8) is 0 Å². The summed E-state index contributed by atoms with van der Waals surface area (Å²) in [5.74, 6) is 0.246. The quantitative estimate of drug-likeness (QED) is 0.919. The molecule has 4 nitrogen and oxygen atoms in total. The van der Waals surface area contributed by atoms with Crippen LogP contribution in [-0.4, -0.2) is 21.4 Å². The van der Waals surface area contributed by atoms with Gasteiger partial charge in [0.1, 0.15) is 0 Å². The number of benzene rings is 1. The Kier molecular flexibility index (Phi) is 5.03. The average molecular weight is 353 g/mol. The Morgan fingerprint density at radius 1 is 1.35 bits per heavy atom. The predicted octanol–water partition coefficient (Wildman–Crippen LogP) is 2.97. The highest BCUT2D eigenvalue weighted by atomic mass is 79.9. The van der Waals surface area contributed by atoms with Gasteiger partial charge in [-0.3, -0.25) is 14.0 Å². The molecule has 0 aliphatic rings. The second kappa shape index (κ2) is 6.76. The minimum absolute atomic E-state index is 0.228. The van der Waals surface area contributed by atoms with E-state index in [1.165, 1.54) is 6.20 Å². The highest BCUT2D eigenvalue weighted by Gasteiger charge is 2.07. The van der Waals surface area contributed by atoms with Crippen LogP contribution in [0.4, 0.5) is 5.69 Å². The standard InChI is InChI=1S/C14H13BrN2O2S/c1-20(19)9-10-3-2-4-13(5-10)17-14(18)11-6-12(15)8-16-7-11/h2-8H,9H2,1H3,(H,17,18). The van der Waals surface area contributed by atoms with Crippen LogP contribution in [0.1, 0.15) is 15.9 Å². The summed E-state index contributed by atoms with van der Waals surface area (Å²) in [5.41, 5.74) is 2.08. The van der Waals surface area contributed by atoms with Gasteiger partial charge in [-0.15, -0.1) is 0 Å². The van der Waals surface area contributed by atoms with Crippen molar-refractivity contribution in [2.24, 2.45) is 0 Å². The van der Waals surface area contributed by atoms with Crippen LogP contribution in [0.5, 0.6) is 0 Å². The fraction of sp³-hybridized carbons (Fsp3) is 0.143. The van der Waals surface area contributed by atoms with Crippen molar-refractivity contribution >= 4 is 38.3 Å². The minimum Gasteiger partial charge on any atom is -0.322 e. The van der Waals surface area contributed by atoms with Crippen molar-refractivity contribution in [1.29, 1.82) is 0 Å². The summed E-state index contributed by atoms with van der Waals surface area (Å²) in [4.78, 5) is 16.0. The van der Waals surface area contributed by atoms with Gasteiger partial charge in [-0.25, -0.2) is 0 Å². The van der Waals surface area contributed by atoms with Gasteiger partial charge in [0.25, 0.3) is 5.91 Å². The van der Waals surface area contributed by atoms with Gasteiger partial charge in [0.05, 0.1) is 5.56 Å². The van der Waals surface area contributed by atoms with Crippen molar-refractivity contribution in [1.82, 2.24) is 4.98 Å². The maximum atomic E-state index is 12.1. The number of aromatic nitrogens is 1. The Balaban J connectivity index is 2.13. The maximum absolute atomic E-state index is 12.1. The summed E-state index contributed by atoms with van der Waals surface area (Å²) in [6.07, 6.45) is 4.78. The topological polar surface area (TPSA) is 59.1 Å². The third kappa shape index (κ3) is 4.25. The Labute approximate surface area is 128 Å². The number of carbonyl (C=O) groups excluding carboxylic acids is 1. The third-order valence-electron chi connectivity index (χ3n) is 2.52. The Morgan fingerprint density at radius 2 is 2.15 bits per heavy atom. The predicted molar refractivity (Wildman–Crippen MR) is 84.1 cm³/mol. The molecule has 20 heavy (non-hydrogen) atoms. The molecule has 0 saturated heterocycles. The lowest BCUT2D eigenvalue weighted by atomic mass is 10.2. The SMILES string of the molecule is CS(=O)Cc1cccc(NC(=O)c2cncc(Br)c2)c1. The molecule has 6 heteroatoms. The zero-order chi connectivity index (χ0) is 14.5. The van der Waals surface area contributed by atoms with Gasteiger partial charge in [0, 0.05) is 45.4 Å². The first-order valence-electron chi connectivity index (χ1n) is 5.85. The fourth-order valence-corrected chi connectivity index (χ4v) is 2.73. The Morgan fingerprint density at radius 3 is 2.85 bits per heavy atom. The second-order valence-electron chi connectivity index (χ2n) is 4.26. The number of hydrogen-bond acceptors (Lipinski definition) is 3. The molecule has 1 aromatic carbocycles. The smallest absolute Gasteiger partial charge is 0.257 e. The van der Waals surface area contributed by atoms with Crippen LogP contribution >= 0.6 is 15.9 Å². The molecule has 2 rings (SSSR count). The summed E-state index contributed by atoms with van der Waals surface area (Å²) < 4.78 is 12.0. The van der Waals surface area contributed by atoms with Gasteiger partial charge in [-0.1, -0.05) is 12.1 Å². The highest BCUT2D eigenvalue weighted by molar-refractivity contribution is 9.10. The van der Waals surface area contributed by atoms with Gasteiger partial charge in [0.2, 0.25) is 0 Å². The first-order chi connectivity index (χ1) is 9.54. The van der Waals surface area contributed by atoms with Crippen molar-refractivity contribution < 1.29 is 9.00 Å². The summed E-state index contributed by atoms with van der Waals surface area (Å²) in [5, 5.41) is 2.80. The zero-order valence-electron chi connectivity index (χ0n) is 10.8.